The SMILES string of the molecule is COC(=O)[C@H]1C(=O)C[C@@](C)(O)[C@H](C(=O)OC)[C@@H]1c1ccc(N(C)C)cc1. The van der Waals surface area contributed by atoms with Crippen LogP contribution in [0.25, 0.3) is 0 Å². The van der Waals surface area contributed by atoms with Crippen molar-refractivity contribution in [3.8, 4) is 0 Å². The van der Waals surface area contributed by atoms with E-state index in [1.807, 2.05) is 31.1 Å². The molecule has 0 spiro atoms. The number of hydrogen-bond donors (Lipinski definition) is 1. The Morgan fingerprint density at radius 3 is 2.12 bits per heavy atom. The first-order valence-electron chi connectivity index (χ1n) is 8.32. The van der Waals surface area contributed by atoms with Crippen molar-refractivity contribution < 1.29 is 29.0 Å². The molecule has 0 radical (unpaired) electrons. The average molecular weight is 363 g/mol. The largest absolute Gasteiger partial charge is 0.469 e. The molecule has 142 valence electrons. The Kier molecular flexibility index (Phi) is 5.71. The van der Waals surface area contributed by atoms with Crippen LogP contribution < -0.4 is 4.90 Å². The predicted molar refractivity (Wildman–Crippen MR) is 94.8 cm³/mol. The lowest BCUT2D eigenvalue weighted by molar-refractivity contribution is -0.170. The topological polar surface area (TPSA) is 93.1 Å². The van der Waals surface area contributed by atoms with E-state index in [1.165, 1.54) is 21.1 Å². The third kappa shape index (κ3) is 3.58. The molecule has 4 atom stereocenters. The van der Waals surface area contributed by atoms with Crippen LogP contribution >= 0.6 is 0 Å². The van der Waals surface area contributed by atoms with Crippen molar-refractivity contribution in [1.29, 1.82) is 0 Å². The fourth-order valence-electron chi connectivity index (χ4n) is 3.66. The van der Waals surface area contributed by atoms with Gasteiger partial charge in [0.1, 0.15) is 5.92 Å². The highest BCUT2D eigenvalue weighted by atomic mass is 16.5. The van der Waals surface area contributed by atoms with Crippen LogP contribution in [-0.2, 0) is 23.9 Å². The number of carbonyl (C=O) groups is 3. The van der Waals surface area contributed by atoms with Gasteiger partial charge in [0.2, 0.25) is 0 Å². The van der Waals surface area contributed by atoms with E-state index >= 15 is 0 Å². The van der Waals surface area contributed by atoms with Crippen LogP contribution in [0.1, 0.15) is 24.8 Å². The molecular weight excluding hydrogens is 338 g/mol. The van der Waals surface area contributed by atoms with Gasteiger partial charge in [-0.25, -0.2) is 0 Å². The molecule has 2 rings (SSSR count). The van der Waals surface area contributed by atoms with Gasteiger partial charge < -0.3 is 19.5 Å². The first-order valence-corrected chi connectivity index (χ1v) is 8.32. The van der Waals surface area contributed by atoms with Gasteiger partial charge in [-0.3, -0.25) is 14.4 Å². The van der Waals surface area contributed by atoms with Crippen molar-refractivity contribution >= 4 is 23.4 Å². The summed E-state index contributed by atoms with van der Waals surface area (Å²) < 4.78 is 9.67. The summed E-state index contributed by atoms with van der Waals surface area (Å²) in [5.41, 5.74) is -0.110. The van der Waals surface area contributed by atoms with Crippen molar-refractivity contribution in [2.24, 2.45) is 11.8 Å². The van der Waals surface area contributed by atoms with Crippen LogP contribution in [0.3, 0.4) is 0 Å². The van der Waals surface area contributed by atoms with Crippen molar-refractivity contribution in [3.05, 3.63) is 29.8 Å². The molecule has 0 heterocycles. The maximum Gasteiger partial charge on any atom is 0.316 e. The van der Waals surface area contributed by atoms with Gasteiger partial charge in [-0.1, -0.05) is 12.1 Å². The minimum Gasteiger partial charge on any atom is -0.469 e. The third-order valence-corrected chi connectivity index (χ3v) is 4.97. The average Bonchev–Trinajstić information content (AvgIpc) is 2.59. The fourth-order valence-corrected chi connectivity index (χ4v) is 3.66. The van der Waals surface area contributed by atoms with E-state index in [2.05, 4.69) is 0 Å². The molecule has 0 bridgehead atoms. The van der Waals surface area contributed by atoms with Crippen molar-refractivity contribution in [3.63, 3.8) is 0 Å². The van der Waals surface area contributed by atoms with Crippen LogP contribution in [0, 0.1) is 11.8 Å². The lowest BCUT2D eigenvalue weighted by atomic mass is 9.62. The summed E-state index contributed by atoms with van der Waals surface area (Å²) in [7, 11) is 6.19. The molecule has 1 N–H and O–H groups in total. The summed E-state index contributed by atoms with van der Waals surface area (Å²) in [6.45, 7) is 1.42. The highest BCUT2D eigenvalue weighted by Gasteiger charge is 2.56. The number of nitrogens with zero attached hydrogens (tertiary/aromatic N) is 1. The number of hydrogen-bond acceptors (Lipinski definition) is 7. The second kappa shape index (κ2) is 7.45. The monoisotopic (exact) mass is 363 g/mol. The van der Waals surface area contributed by atoms with E-state index in [4.69, 9.17) is 9.47 Å². The first kappa shape index (κ1) is 19.9. The summed E-state index contributed by atoms with van der Waals surface area (Å²) in [5, 5.41) is 10.8. The Balaban J connectivity index is 2.61. The van der Waals surface area contributed by atoms with E-state index in [9.17, 15) is 19.5 Å². The molecule has 26 heavy (non-hydrogen) atoms. The summed E-state index contributed by atoms with van der Waals surface area (Å²) >= 11 is 0. The maximum absolute atomic E-state index is 12.6. The molecule has 1 saturated carbocycles. The van der Waals surface area contributed by atoms with Gasteiger partial charge in [-0.05, 0) is 24.6 Å². The summed E-state index contributed by atoms with van der Waals surface area (Å²) in [6, 6.07) is 7.15. The second-order valence-corrected chi connectivity index (χ2v) is 7.01. The van der Waals surface area contributed by atoms with E-state index in [0.717, 1.165) is 5.69 Å². The summed E-state index contributed by atoms with van der Waals surface area (Å²) in [4.78, 5) is 39.3. The van der Waals surface area contributed by atoms with Crippen molar-refractivity contribution in [2.75, 3.05) is 33.2 Å². The molecule has 0 unspecified atom stereocenters. The van der Waals surface area contributed by atoms with E-state index < -0.39 is 41.1 Å². The summed E-state index contributed by atoms with van der Waals surface area (Å²) in [5.74, 6) is -4.96. The quantitative estimate of drug-likeness (QED) is 0.633. The predicted octanol–water partition coefficient (Wildman–Crippen LogP) is 1.14. The first-order chi connectivity index (χ1) is 12.1. The maximum atomic E-state index is 12.6. The third-order valence-electron chi connectivity index (χ3n) is 4.97. The molecule has 1 aliphatic carbocycles. The highest BCUT2D eigenvalue weighted by molar-refractivity contribution is 6.02. The van der Waals surface area contributed by atoms with E-state index in [-0.39, 0.29) is 6.42 Å². The lowest BCUT2D eigenvalue weighted by Crippen LogP contribution is -2.55. The molecule has 1 aromatic rings. The lowest BCUT2D eigenvalue weighted by Gasteiger charge is -2.43. The number of ether oxygens (including phenoxy) is 2. The number of anilines is 1. The minimum absolute atomic E-state index is 0.321. The molecule has 7 heteroatoms. The van der Waals surface area contributed by atoms with Gasteiger partial charge in [0.05, 0.1) is 25.7 Å². The zero-order valence-electron chi connectivity index (χ0n) is 15.7. The van der Waals surface area contributed by atoms with Crippen LogP contribution in [0.5, 0.6) is 0 Å². The number of ketones is 1. The zero-order valence-corrected chi connectivity index (χ0v) is 15.7. The van der Waals surface area contributed by atoms with Gasteiger partial charge >= 0.3 is 11.9 Å². The molecule has 1 aliphatic rings. The number of carbonyl (C=O) groups excluding carboxylic acids is 3. The Morgan fingerprint density at radius 2 is 1.65 bits per heavy atom. The zero-order chi connectivity index (χ0) is 19.6. The Bertz CT molecular complexity index is 694. The van der Waals surface area contributed by atoms with Gasteiger partial charge in [0.25, 0.3) is 0 Å². The molecule has 0 saturated heterocycles. The number of rotatable bonds is 4. The molecule has 7 nitrogen and oxygen atoms in total. The molecule has 0 aliphatic heterocycles. The molecule has 0 aromatic heterocycles. The smallest absolute Gasteiger partial charge is 0.316 e. The molecular formula is C19H25NO6. The Labute approximate surface area is 152 Å². The highest BCUT2D eigenvalue weighted by Crippen LogP contribution is 2.46. The molecule has 1 fully saturated rings. The Morgan fingerprint density at radius 1 is 1.12 bits per heavy atom. The summed E-state index contributed by atoms with van der Waals surface area (Å²) in [6.07, 6.45) is -0.321. The fraction of sp³-hybridized carbons (Fsp3) is 0.526. The second-order valence-electron chi connectivity index (χ2n) is 7.01. The van der Waals surface area contributed by atoms with Crippen molar-refractivity contribution in [2.45, 2.75) is 24.9 Å². The van der Waals surface area contributed by atoms with E-state index in [1.54, 1.807) is 12.1 Å². The minimum atomic E-state index is -1.63. The van der Waals surface area contributed by atoms with Crippen LogP contribution in [0.15, 0.2) is 24.3 Å². The Hall–Kier alpha value is -2.41. The van der Waals surface area contributed by atoms with Gasteiger partial charge in [0, 0.05) is 32.1 Å². The van der Waals surface area contributed by atoms with Crippen LogP contribution in [0.2, 0.25) is 0 Å². The number of Topliss-reactive ketones (excluding diaryl/α,β-unsaturated/α-hetero) is 1. The number of methoxy groups -OCH3 is 2. The normalized spacial score (nSPS) is 28.4. The van der Waals surface area contributed by atoms with E-state index in [0.29, 0.717) is 5.56 Å². The molecule has 1 aromatic carbocycles. The standard InChI is InChI=1S/C19H25NO6/c1-19(24)10-13(21)15(17(22)25-4)14(16(19)18(23)26-5)11-6-8-12(9-7-11)20(2)3/h6-9,14-16,24H,10H2,1-5H3/t14-,15+,16+,19-/m1/s1. The van der Waals surface area contributed by atoms with Gasteiger partial charge in [0.15, 0.2) is 5.78 Å². The van der Waals surface area contributed by atoms with Gasteiger partial charge in [-0.2, -0.15) is 0 Å². The van der Waals surface area contributed by atoms with Crippen molar-refractivity contribution in [1.82, 2.24) is 0 Å². The number of esters is 2. The molecule has 0 amide bonds. The number of benzene rings is 1. The number of aliphatic hydroxyl groups is 1. The van der Waals surface area contributed by atoms with Crippen LogP contribution in [0.4, 0.5) is 5.69 Å². The van der Waals surface area contributed by atoms with Gasteiger partial charge in [-0.15, -0.1) is 0 Å². The van der Waals surface area contributed by atoms with Crippen LogP contribution in [-0.4, -0.2) is 56.7 Å².